The molecule has 0 spiro atoms. The number of fused-ring (bicyclic) bond motifs is 1. The van der Waals surface area contributed by atoms with Gasteiger partial charge in [0.15, 0.2) is 5.82 Å². The van der Waals surface area contributed by atoms with Gasteiger partial charge >= 0.3 is 0 Å². The van der Waals surface area contributed by atoms with Crippen LogP contribution in [0.15, 0.2) is 30.3 Å². The number of hydrogen-bond acceptors (Lipinski definition) is 3. The molecule has 5 heteroatoms. The van der Waals surface area contributed by atoms with E-state index in [1.807, 2.05) is 12.1 Å². The molecule has 0 saturated heterocycles. The van der Waals surface area contributed by atoms with Crippen molar-refractivity contribution < 1.29 is 0 Å². The quantitative estimate of drug-likeness (QED) is 0.802. The number of rotatable bonds is 1. The molecular weight excluding hydrogens is 281 g/mol. The van der Waals surface area contributed by atoms with Gasteiger partial charge < -0.3 is 0 Å². The Balaban J connectivity index is 2.18. The average molecular weight is 292 g/mol. The summed E-state index contributed by atoms with van der Waals surface area (Å²) in [5.41, 5.74) is 3.40. The van der Waals surface area contributed by atoms with Gasteiger partial charge in [0.2, 0.25) is 10.6 Å². The first kappa shape index (κ1) is 12.6. The van der Waals surface area contributed by atoms with Crippen molar-refractivity contribution >= 4 is 28.8 Å². The van der Waals surface area contributed by atoms with Crippen molar-refractivity contribution in [2.75, 3.05) is 0 Å². The van der Waals surface area contributed by atoms with E-state index in [-0.39, 0.29) is 10.6 Å². The second kappa shape index (κ2) is 4.91. The molecule has 1 heterocycles. The lowest BCUT2D eigenvalue weighted by atomic mass is 9.85. The summed E-state index contributed by atoms with van der Waals surface area (Å²) in [6.45, 7) is 2.17. The molecule has 0 N–H and O–H groups in total. The molecule has 1 aromatic heterocycles. The fourth-order valence-corrected chi connectivity index (χ4v) is 2.75. The largest absolute Gasteiger partial charge is 0.227 e. The fourth-order valence-electron chi connectivity index (χ4n) is 2.38. The van der Waals surface area contributed by atoms with Crippen LogP contribution >= 0.6 is 23.2 Å². The molecule has 96 valence electrons. The van der Waals surface area contributed by atoms with Crippen molar-refractivity contribution in [2.24, 2.45) is 5.92 Å². The van der Waals surface area contributed by atoms with E-state index in [9.17, 15) is 0 Å². The Labute approximate surface area is 121 Å². The van der Waals surface area contributed by atoms with Crippen molar-refractivity contribution in [3.05, 3.63) is 57.9 Å². The number of benzene rings is 1. The number of nitrogens with zero attached hydrogens (tertiary/aromatic N) is 3. The minimum atomic E-state index is 0.117. The first-order chi connectivity index (χ1) is 9.13. The summed E-state index contributed by atoms with van der Waals surface area (Å²) >= 11 is 11.7. The van der Waals surface area contributed by atoms with Gasteiger partial charge in [-0.2, -0.15) is 15.0 Å². The highest BCUT2D eigenvalue weighted by Crippen LogP contribution is 2.32. The first-order valence-corrected chi connectivity index (χ1v) is 6.76. The molecule has 1 aliphatic carbocycles. The molecule has 3 nitrogen and oxygen atoms in total. The molecule has 1 aromatic carbocycles. The van der Waals surface area contributed by atoms with Crippen molar-refractivity contribution in [1.82, 2.24) is 15.0 Å². The van der Waals surface area contributed by atoms with Gasteiger partial charge in [0.05, 0.1) is 0 Å². The predicted molar refractivity (Wildman–Crippen MR) is 76.2 cm³/mol. The highest BCUT2D eigenvalue weighted by atomic mass is 35.5. The van der Waals surface area contributed by atoms with Crippen molar-refractivity contribution in [1.29, 1.82) is 0 Å². The van der Waals surface area contributed by atoms with Crippen molar-refractivity contribution in [3.8, 4) is 0 Å². The molecule has 1 atom stereocenters. The van der Waals surface area contributed by atoms with Crippen LogP contribution in [0.1, 0.15) is 23.9 Å². The first-order valence-electron chi connectivity index (χ1n) is 6.01. The van der Waals surface area contributed by atoms with E-state index in [1.54, 1.807) is 0 Å². The SMILES string of the molecule is CC1C=C(c2nc(Cl)nc(Cl)n2)c2ccccc2C1. The lowest BCUT2D eigenvalue weighted by Gasteiger charge is -2.21. The molecule has 0 saturated carbocycles. The standard InChI is InChI=1S/C14H11Cl2N3/c1-8-6-9-4-2-3-5-10(9)11(7-8)12-17-13(15)19-14(16)18-12/h2-5,7-8H,6H2,1H3. The molecule has 1 aliphatic rings. The minimum absolute atomic E-state index is 0.117. The zero-order chi connectivity index (χ0) is 13.4. The van der Waals surface area contributed by atoms with Crippen LogP contribution in [-0.4, -0.2) is 15.0 Å². The summed E-state index contributed by atoms with van der Waals surface area (Å²) in [5.74, 6) is 0.961. The van der Waals surface area contributed by atoms with Crippen LogP contribution in [0.4, 0.5) is 0 Å². The molecule has 19 heavy (non-hydrogen) atoms. The fraction of sp³-hybridized carbons (Fsp3) is 0.214. The zero-order valence-corrected chi connectivity index (χ0v) is 11.8. The molecule has 0 bridgehead atoms. The second-order valence-electron chi connectivity index (χ2n) is 4.62. The van der Waals surface area contributed by atoms with Gasteiger partial charge in [-0.05, 0) is 46.7 Å². The van der Waals surface area contributed by atoms with E-state index in [2.05, 4.69) is 40.1 Å². The molecule has 0 radical (unpaired) electrons. The van der Waals surface area contributed by atoms with Gasteiger partial charge in [0.1, 0.15) is 0 Å². The van der Waals surface area contributed by atoms with E-state index in [1.165, 1.54) is 5.56 Å². The minimum Gasteiger partial charge on any atom is -0.198 e. The molecule has 1 unspecified atom stereocenters. The van der Waals surface area contributed by atoms with Gasteiger partial charge in [0, 0.05) is 5.57 Å². The molecular formula is C14H11Cl2N3. The van der Waals surface area contributed by atoms with Crippen LogP contribution in [-0.2, 0) is 6.42 Å². The van der Waals surface area contributed by atoms with E-state index >= 15 is 0 Å². The maximum Gasteiger partial charge on any atom is 0.227 e. The summed E-state index contributed by atoms with van der Waals surface area (Å²) in [6, 6.07) is 8.25. The van der Waals surface area contributed by atoms with Crippen LogP contribution in [0, 0.1) is 5.92 Å². The number of hydrogen-bond donors (Lipinski definition) is 0. The highest BCUT2D eigenvalue weighted by molar-refractivity contribution is 6.31. The van der Waals surface area contributed by atoms with E-state index in [4.69, 9.17) is 23.2 Å². The number of allylic oxidation sites excluding steroid dienone is 1. The lowest BCUT2D eigenvalue weighted by Crippen LogP contribution is -2.10. The maximum atomic E-state index is 5.86. The summed E-state index contributed by atoms with van der Waals surface area (Å²) in [5, 5.41) is 0.234. The highest BCUT2D eigenvalue weighted by Gasteiger charge is 2.20. The Bertz CT molecular complexity index is 647. The van der Waals surface area contributed by atoms with Gasteiger partial charge in [-0.25, -0.2) is 0 Å². The van der Waals surface area contributed by atoms with Crippen LogP contribution in [0.25, 0.3) is 5.57 Å². The summed E-state index contributed by atoms with van der Waals surface area (Å²) < 4.78 is 0. The van der Waals surface area contributed by atoms with E-state index in [0.717, 1.165) is 17.6 Å². The van der Waals surface area contributed by atoms with Crippen LogP contribution < -0.4 is 0 Å². The molecule has 3 rings (SSSR count). The summed E-state index contributed by atoms with van der Waals surface area (Å²) in [6.07, 6.45) is 3.18. The monoisotopic (exact) mass is 291 g/mol. The number of halogens is 2. The Kier molecular flexibility index (Phi) is 3.25. The van der Waals surface area contributed by atoms with E-state index < -0.39 is 0 Å². The van der Waals surface area contributed by atoms with E-state index in [0.29, 0.717) is 11.7 Å². The van der Waals surface area contributed by atoms with Gasteiger partial charge in [-0.1, -0.05) is 37.3 Å². The Morgan fingerprint density at radius 1 is 1.05 bits per heavy atom. The Morgan fingerprint density at radius 2 is 1.74 bits per heavy atom. The topological polar surface area (TPSA) is 38.7 Å². The smallest absolute Gasteiger partial charge is 0.198 e. The van der Waals surface area contributed by atoms with Crippen LogP contribution in [0.5, 0.6) is 0 Å². The Hall–Kier alpha value is -1.45. The van der Waals surface area contributed by atoms with Gasteiger partial charge in [-0.3, -0.25) is 0 Å². The summed E-state index contributed by atoms with van der Waals surface area (Å²) in [4.78, 5) is 12.1. The summed E-state index contributed by atoms with van der Waals surface area (Å²) in [7, 11) is 0. The van der Waals surface area contributed by atoms with Crippen LogP contribution in [0.3, 0.4) is 0 Å². The average Bonchev–Trinajstić information content (AvgIpc) is 2.36. The van der Waals surface area contributed by atoms with Crippen LogP contribution in [0.2, 0.25) is 10.6 Å². The molecule has 0 fully saturated rings. The second-order valence-corrected chi connectivity index (χ2v) is 5.29. The lowest BCUT2D eigenvalue weighted by molar-refractivity contribution is 0.712. The van der Waals surface area contributed by atoms with Gasteiger partial charge in [0.25, 0.3) is 0 Å². The number of aromatic nitrogens is 3. The predicted octanol–water partition coefficient (Wildman–Crippen LogP) is 3.80. The molecule has 2 aromatic rings. The van der Waals surface area contributed by atoms with Gasteiger partial charge in [-0.15, -0.1) is 0 Å². The zero-order valence-electron chi connectivity index (χ0n) is 10.3. The maximum absolute atomic E-state index is 5.86. The third kappa shape index (κ3) is 2.48. The molecule has 0 aliphatic heterocycles. The normalized spacial score (nSPS) is 17.8. The third-order valence-electron chi connectivity index (χ3n) is 3.12. The molecule has 0 amide bonds. The van der Waals surface area contributed by atoms with Crippen molar-refractivity contribution in [3.63, 3.8) is 0 Å². The third-order valence-corrected chi connectivity index (χ3v) is 3.46. The Morgan fingerprint density at radius 3 is 2.47 bits per heavy atom. The van der Waals surface area contributed by atoms with Crippen molar-refractivity contribution in [2.45, 2.75) is 13.3 Å².